The van der Waals surface area contributed by atoms with Crippen LogP contribution in [0.15, 0.2) is 0 Å². The highest BCUT2D eigenvalue weighted by Crippen LogP contribution is 2.23. The maximum Gasteiger partial charge on any atom is 0.175 e. The predicted molar refractivity (Wildman–Crippen MR) is 57.1 cm³/mol. The van der Waals surface area contributed by atoms with Crippen molar-refractivity contribution in [3.05, 3.63) is 10.2 Å². The van der Waals surface area contributed by atoms with E-state index >= 15 is 0 Å². The van der Waals surface area contributed by atoms with Crippen molar-refractivity contribution in [2.75, 3.05) is 11.9 Å². The fourth-order valence-corrected chi connectivity index (χ4v) is 0.838. The monoisotopic (exact) mass is 272 g/mol. The average molecular weight is 273 g/mol. The van der Waals surface area contributed by atoms with Crippen LogP contribution in [-0.4, -0.2) is 30.7 Å². The molecule has 15 heavy (non-hydrogen) atoms. The predicted octanol–water partition coefficient (Wildman–Crippen LogP) is 0.349. The first-order chi connectivity index (χ1) is 6.99. The van der Waals surface area contributed by atoms with Crippen LogP contribution in [0, 0.1) is 0 Å². The van der Waals surface area contributed by atoms with Gasteiger partial charge in [0.05, 0.1) is 0 Å². The van der Waals surface area contributed by atoms with Crippen molar-refractivity contribution in [3.8, 4) is 0 Å². The van der Waals surface area contributed by atoms with Gasteiger partial charge in [-0.05, 0) is 12.1 Å². The molecular formula is C5H8Cl2N5O2S-. The first-order valence-electron chi connectivity index (χ1n) is 3.60. The highest BCUT2D eigenvalue weighted by molar-refractivity contribution is 7.76. The van der Waals surface area contributed by atoms with Crippen LogP contribution >= 0.6 is 23.2 Å². The minimum absolute atomic E-state index is 0.164. The van der Waals surface area contributed by atoms with Gasteiger partial charge < -0.3 is 9.87 Å². The summed E-state index contributed by atoms with van der Waals surface area (Å²) in [6.07, 6.45) is 0. The zero-order valence-electron chi connectivity index (χ0n) is 7.61. The van der Waals surface area contributed by atoms with Crippen molar-refractivity contribution in [3.63, 3.8) is 0 Å². The molecule has 1 rings (SSSR count). The minimum Gasteiger partial charge on any atom is -0.760 e. The molecular weight excluding hydrogens is 265 g/mol. The quantitative estimate of drug-likeness (QED) is 0.751. The fraction of sp³-hybridized carbons (Fsp3) is 0.400. The molecule has 7 nitrogen and oxygen atoms in total. The number of aromatic nitrogens is 3. The Kier molecular flexibility index (Phi) is 7.44. The van der Waals surface area contributed by atoms with Gasteiger partial charge in [-0.3, -0.25) is 9.35 Å². The molecule has 10 heteroatoms. The zero-order chi connectivity index (χ0) is 11.8. The topological polar surface area (TPSA) is 117 Å². The minimum atomic E-state index is -2.36. The van der Waals surface area contributed by atoms with Crippen LogP contribution in [0.3, 0.4) is 0 Å². The van der Waals surface area contributed by atoms with Crippen molar-refractivity contribution in [1.82, 2.24) is 15.4 Å². The van der Waals surface area contributed by atoms with E-state index in [9.17, 15) is 0 Å². The second kappa shape index (κ2) is 7.71. The molecule has 0 spiro atoms. The number of rotatable bonds is 2. The van der Waals surface area contributed by atoms with Crippen LogP contribution in [0.2, 0.25) is 10.2 Å². The van der Waals surface area contributed by atoms with Crippen LogP contribution < -0.4 is 10.5 Å². The summed E-state index contributed by atoms with van der Waals surface area (Å²) >= 11 is 8.92. The van der Waals surface area contributed by atoms with Gasteiger partial charge in [0.15, 0.2) is 11.0 Å². The van der Waals surface area contributed by atoms with E-state index < -0.39 is 11.3 Å². The Bertz CT molecular complexity index is 335. The van der Waals surface area contributed by atoms with Gasteiger partial charge in [0, 0.05) is 17.8 Å². The number of hydrogen-bond donors (Lipinski definition) is 2. The highest BCUT2D eigenvalue weighted by Gasteiger charge is 2.05. The first-order valence-corrected chi connectivity index (χ1v) is 5.50. The summed E-state index contributed by atoms with van der Waals surface area (Å²) in [5, 5.41) is 17.9. The molecule has 0 radical (unpaired) electrons. The Balaban J connectivity index is 0.000000423. The average Bonchev–Trinajstić information content (AvgIpc) is 2.12. The summed E-state index contributed by atoms with van der Waals surface area (Å²) < 4.78 is 17.6. The summed E-state index contributed by atoms with van der Waals surface area (Å²) in [6.45, 7) is 2.64. The standard InChI is InChI=1S/C5H6Cl2N4.H3NO2S/c1-2-8-5-3(6)4(7)9-11-10-5;1-4(2)3/h2H2,1H3,(H,8,9,10);1H2,(H,2,3)/p-1. The first kappa shape index (κ1) is 14.5. The summed E-state index contributed by atoms with van der Waals surface area (Å²) in [7, 11) is 0. The molecule has 0 saturated heterocycles. The van der Waals surface area contributed by atoms with E-state index in [1.54, 1.807) is 0 Å². The number of nitrogens with zero attached hydrogens (tertiary/aromatic N) is 3. The number of halogens is 2. The van der Waals surface area contributed by atoms with Crippen LogP contribution in [0.25, 0.3) is 0 Å². The molecule has 0 fully saturated rings. The molecule has 1 heterocycles. The third-order valence-electron chi connectivity index (χ3n) is 1.01. The molecule has 0 saturated carbocycles. The van der Waals surface area contributed by atoms with E-state index in [-0.39, 0.29) is 5.15 Å². The van der Waals surface area contributed by atoms with Crippen LogP contribution in [0.5, 0.6) is 0 Å². The molecule has 1 aromatic heterocycles. The normalized spacial score (nSPS) is 11.3. The van der Waals surface area contributed by atoms with E-state index in [1.165, 1.54) is 0 Å². The maximum atomic E-state index is 8.78. The molecule has 0 aliphatic heterocycles. The Hall–Kier alpha value is -0.540. The fourth-order valence-electron chi connectivity index (χ4n) is 0.572. The van der Waals surface area contributed by atoms with Crippen LogP contribution in [0.4, 0.5) is 5.82 Å². The highest BCUT2D eigenvalue weighted by atomic mass is 35.5. The largest absolute Gasteiger partial charge is 0.760 e. The molecule has 1 atom stereocenters. The Morgan fingerprint density at radius 2 is 2.07 bits per heavy atom. The van der Waals surface area contributed by atoms with E-state index in [4.69, 9.17) is 32.0 Å². The number of nitrogens with two attached hydrogens (primary N) is 1. The van der Waals surface area contributed by atoms with Gasteiger partial charge in [-0.2, -0.15) is 0 Å². The second-order valence-corrected chi connectivity index (χ2v) is 3.29. The van der Waals surface area contributed by atoms with Crippen molar-refractivity contribution >= 4 is 40.3 Å². The number of nitrogens with one attached hydrogen (secondary N) is 1. The van der Waals surface area contributed by atoms with Gasteiger partial charge in [0.1, 0.15) is 5.02 Å². The van der Waals surface area contributed by atoms with Gasteiger partial charge in [0.2, 0.25) is 0 Å². The van der Waals surface area contributed by atoms with E-state index in [1.807, 2.05) is 6.92 Å². The van der Waals surface area contributed by atoms with Crippen molar-refractivity contribution < 1.29 is 8.76 Å². The van der Waals surface area contributed by atoms with Crippen LogP contribution in [-0.2, 0) is 11.3 Å². The summed E-state index contributed by atoms with van der Waals surface area (Å²) in [6, 6.07) is 0. The Morgan fingerprint density at radius 1 is 1.53 bits per heavy atom. The molecule has 86 valence electrons. The SMILES string of the molecule is CCNc1nnnc(Cl)c1Cl.NS(=O)[O-]. The van der Waals surface area contributed by atoms with Crippen LogP contribution in [0.1, 0.15) is 6.92 Å². The maximum absolute atomic E-state index is 8.78. The van der Waals surface area contributed by atoms with E-state index in [0.717, 1.165) is 6.54 Å². The lowest BCUT2D eigenvalue weighted by Crippen LogP contribution is -2.02. The molecule has 0 aromatic carbocycles. The number of anilines is 1. The summed E-state index contributed by atoms with van der Waals surface area (Å²) in [5.74, 6) is 0.467. The van der Waals surface area contributed by atoms with E-state index in [0.29, 0.717) is 10.8 Å². The van der Waals surface area contributed by atoms with Gasteiger partial charge in [-0.15, -0.1) is 10.2 Å². The van der Waals surface area contributed by atoms with Crippen molar-refractivity contribution in [2.24, 2.45) is 5.14 Å². The zero-order valence-corrected chi connectivity index (χ0v) is 9.94. The third kappa shape index (κ3) is 6.52. The summed E-state index contributed by atoms with van der Waals surface area (Å²) in [4.78, 5) is 0. The molecule has 0 aliphatic carbocycles. The molecule has 1 unspecified atom stereocenters. The lowest BCUT2D eigenvalue weighted by Gasteiger charge is -2.01. The van der Waals surface area contributed by atoms with Gasteiger partial charge in [0.25, 0.3) is 0 Å². The Labute approximate surface area is 98.8 Å². The van der Waals surface area contributed by atoms with Gasteiger partial charge >= 0.3 is 0 Å². The molecule has 1 aromatic rings. The second-order valence-electron chi connectivity index (χ2n) is 2.03. The van der Waals surface area contributed by atoms with Crippen molar-refractivity contribution in [2.45, 2.75) is 6.92 Å². The van der Waals surface area contributed by atoms with Crippen molar-refractivity contribution in [1.29, 1.82) is 0 Å². The third-order valence-corrected chi connectivity index (χ3v) is 1.73. The molecule has 0 amide bonds. The molecule has 0 aliphatic rings. The molecule has 3 N–H and O–H groups in total. The van der Waals surface area contributed by atoms with Gasteiger partial charge in [-0.1, -0.05) is 23.2 Å². The molecule has 0 bridgehead atoms. The Morgan fingerprint density at radius 3 is 2.53 bits per heavy atom. The smallest absolute Gasteiger partial charge is 0.175 e. The lowest BCUT2D eigenvalue weighted by atomic mass is 10.6. The van der Waals surface area contributed by atoms with E-state index in [2.05, 4.69) is 25.9 Å². The number of hydrogen-bond acceptors (Lipinski definition) is 6. The van der Waals surface area contributed by atoms with Gasteiger partial charge in [-0.25, -0.2) is 0 Å². The lowest BCUT2D eigenvalue weighted by molar-refractivity contribution is 0.539. The summed E-state index contributed by atoms with van der Waals surface area (Å²) in [5.41, 5.74) is 0.